The van der Waals surface area contributed by atoms with Crippen LogP contribution in [0, 0.1) is 0 Å². The molecule has 2 aromatic heterocycles. The van der Waals surface area contributed by atoms with Crippen LogP contribution in [0.2, 0.25) is 0 Å². The van der Waals surface area contributed by atoms with E-state index in [0.717, 1.165) is 16.0 Å². The van der Waals surface area contributed by atoms with Crippen molar-refractivity contribution < 1.29 is 19.0 Å². The zero-order valence-electron chi connectivity index (χ0n) is 19.2. The minimum Gasteiger partial charge on any atom is -0.463 e. The van der Waals surface area contributed by atoms with E-state index in [-0.39, 0.29) is 19.0 Å². The Bertz CT molecular complexity index is 1670. The summed E-state index contributed by atoms with van der Waals surface area (Å²) in [7, 11) is 0. The summed E-state index contributed by atoms with van der Waals surface area (Å²) >= 11 is 2.78. The van der Waals surface area contributed by atoms with E-state index in [1.807, 2.05) is 72.1 Å². The van der Waals surface area contributed by atoms with Gasteiger partial charge in [-0.15, -0.1) is 11.3 Å². The highest BCUT2D eigenvalue weighted by molar-refractivity contribution is 7.10. The number of nitrogens with zero attached hydrogens (tertiary/aromatic N) is 2. The molecule has 0 spiro atoms. The number of fused-ring (bicyclic) bond motifs is 2. The van der Waals surface area contributed by atoms with Crippen molar-refractivity contribution in [1.29, 1.82) is 0 Å². The molecular formula is C27H20N2O5S2. The lowest BCUT2D eigenvalue weighted by Crippen LogP contribution is -2.39. The van der Waals surface area contributed by atoms with E-state index < -0.39 is 12.0 Å². The number of carbonyl (C=O) groups is 1. The standard InChI is InChI=1S/C27H20N2O5S2/c1-2-32-26(31)22-23(17-7-4-3-5-8-17)28-27-29(24(22)20-9-6-12-35-20)25(30)21(36-27)14-16-10-11-18-19(13-16)34-15-33-18/h3-14,24H,2,15H2,1H3/b21-14-/t24-/m0/s1. The molecule has 2 aliphatic rings. The lowest BCUT2D eigenvalue weighted by atomic mass is 9.97. The minimum absolute atomic E-state index is 0.181. The Morgan fingerprint density at radius 1 is 1.14 bits per heavy atom. The van der Waals surface area contributed by atoms with Crippen LogP contribution in [0.3, 0.4) is 0 Å². The van der Waals surface area contributed by atoms with Gasteiger partial charge in [-0.1, -0.05) is 53.8 Å². The van der Waals surface area contributed by atoms with Gasteiger partial charge in [0.25, 0.3) is 5.56 Å². The molecule has 0 fully saturated rings. The highest BCUT2D eigenvalue weighted by Gasteiger charge is 2.35. The van der Waals surface area contributed by atoms with E-state index in [4.69, 9.17) is 19.2 Å². The third kappa shape index (κ3) is 3.86. The number of carbonyl (C=O) groups excluding carboxylic acids is 1. The van der Waals surface area contributed by atoms with E-state index in [2.05, 4.69) is 0 Å². The Morgan fingerprint density at radius 3 is 2.75 bits per heavy atom. The van der Waals surface area contributed by atoms with Crippen LogP contribution in [0.5, 0.6) is 11.5 Å². The highest BCUT2D eigenvalue weighted by Crippen LogP contribution is 2.37. The molecule has 6 rings (SSSR count). The number of aromatic nitrogens is 1. The molecule has 0 bridgehead atoms. The van der Waals surface area contributed by atoms with Gasteiger partial charge in [0.15, 0.2) is 16.3 Å². The molecule has 0 radical (unpaired) electrons. The average molecular weight is 517 g/mol. The fourth-order valence-corrected chi connectivity index (χ4v) is 6.14. The molecule has 180 valence electrons. The fourth-order valence-electron chi connectivity index (χ4n) is 4.31. The van der Waals surface area contributed by atoms with E-state index in [1.54, 1.807) is 11.5 Å². The SMILES string of the molecule is CCOC(=O)C1=C(c2ccccc2)N=c2s/c(=C\c3ccc4c(c3)OCO4)c(=O)n2[C@H]1c1cccs1. The van der Waals surface area contributed by atoms with Gasteiger partial charge in [-0.3, -0.25) is 9.36 Å². The van der Waals surface area contributed by atoms with Crippen LogP contribution in [0.25, 0.3) is 11.8 Å². The molecule has 2 aliphatic heterocycles. The van der Waals surface area contributed by atoms with Crippen LogP contribution in [-0.2, 0) is 9.53 Å². The molecule has 0 aliphatic carbocycles. The maximum absolute atomic E-state index is 13.8. The monoisotopic (exact) mass is 516 g/mol. The lowest BCUT2D eigenvalue weighted by Gasteiger charge is -2.24. The number of hydrogen-bond acceptors (Lipinski definition) is 8. The van der Waals surface area contributed by atoms with Gasteiger partial charge >= 0.3 is 5.97 Å². The Labute approximate surface area is 213 Å². The van der Waals surface area contributed by atoms with E-state index in [0.29, 0.717) is 32.1 Å². The summed E-state index contributed by atoms with van der Waals surface area (Å²) in [4.78, 5) is 33.3. The first kappa shape index (κ1) is 22.5. The number of thiazole rings is 1. The third-order valence-corrected chi connectivity index (χ3v) is 7.79. The molecule has 1 atom stereocenters. The first-order chi connectivity index (χ1) is 17.6. The second-order valence-electron chi connectivity index (χ2n) is 8.06. The average Bonchev–Trinajstić information content (AvgIpc) is 3.65. The Hall–Kier alpha value is -3.95. The summed E-state index contributed by atoms with van der Waals surface area (Å²) in [5.41, 5.74) is 2.25. The molecule has 2 aromatic carbocycles. The van der Waals surface area contributed by atoms with Gasteiger partial charge in [0.1, 0.15) is 6.04 Å². The number of esters is 1. The Kier molecular flexibility index (Phi) is 5.79. The normalized spacial score (nSPS) is 16.6. The predicted molar refractivity (Wildman–Crippen MR) is 138 cm³/mol. The third-order valence-electron chi connectivity index (χ3n) is 5.88. The molecule has 36 heavy (non-hydrogen) atoms. The molecule has 4 heterocycles. The minimum atomic E-state index is -0.644. The number of benzene rings is 2. The predicted octanol–water partition coefficient (Wildman–Crippen LogP) is 3.73. The zero-order valence-corrected chi connectivity index (χ0v) is 20.8. The molecule has 0 saturated carbocycles. The van der Waals surface area contributed by atoms with E-state index in [1.165, 1.54) is 22.7 Å². The molecule has 9 heteroatoms. The van der Waals surface area contributed by atoms with Crippen molar-refractivity contribution in [3.05, 3.63) is 107 Å². The topological polar surface area (TPSA) is 79.1 Å². The van der Waals surface area contributed by atoms with Crippen LogP contribution in [-0.4, -0.2) is 23.9 Å². The first-order valence-corrected chi connectivity index (χ1v) is 13.0. The zero-order chi connectivity index (χ0) is 24.6. The van der Waals surface area contributed by atoms with Crippen molar-refractivity contribution in [3.63, 3.8) is 0 Å². The maximum atomic E-state index is 13.8. The lowest BCUT2D eigenvalue weighted by molar-refractivity contribution is -0.138. The molecule has 0 unspecified atom stereocenters. The summed E-state index contributed by atoms with van der Waals surface area (Å²) in [6.45, 7) is 2.16. The second kappa shape index (κ2) is 9.25. The maximum Gasteiger partial charge on any atom is 0.338 e. The van der Waals surface area contributed by atoms with Gasteiger partial charge in [0.05, 0.1) is 22.4 Å². The fraction of sp³-hybridized carbons (Fsp3) is 0.148. The van der Waals surface area contributed by atoms with Crippen LogP contribution < -0.4 is 24.4 Å². The summed E-state index contributed by atoms with van der Waals surface area (Å²) in [5.74, 6) is 0.838. The number of rotatable bonds is 5. The van der Waals surface area contributed by atoms with E-state index in [9.17, 15) is 9.59 Å². The first-order valence-electron chi connectivity index (χ1n) is 11.4. The quantitative estimate of drug-likeness (QED) is 0.378. The van der Waals surface area contributed by atoms with Gasteiger partial charge in [-0.25, -0.2) is 9.79 Å². The van der Waals surface area contributed by atoms with Gasteiger partial charge in [0, 0.05) is 10.4 Å². The molecule has 0 saturated heterocycles. The Morgan fingerprint density at radius 2 is 1.97 bits per heavy atom. The van der Waals surface area contributed by atoms with Crippen molar-refractivity contribution in [2.45, 2.75) is 13.0 Å². The summed E-state index contributed by atoms with van der Waals surface area (Å²) in [5, 5.41) is 1.93. The largest absolute Gasteiger partial charge is 0.463 e. The molecule has 0 amide bonds. The Balaban J connectivity index is 1.60. The van der Waals surface area contributed by atoms with Gasteiger partial charge in [-0.2, -0.15) is 0 Å². The smallest absolute Gasteiger partial charge is 0.338 e. The van der Waals surface area contributed by atoms with Crippen LogP contribution in [0.15, 0.2) is 81.4 Å². The van der Waals surface area contributed by atoms with Crippen LogP contribution >= 0.6 is 22.7 Å². The number of hydrogen-bond donors (Lipinski definition) is 0. The highest BCUT2D eigenvalue weighted by atomic mass is 32.1. The van der Waals surface area contributed by atoms with Crippen LogP contribution in [0.1, 0.15) is 29.0 Å². The van der Waals surface area contributed by atoms with Crippen molar-refractivity contribution in [2.75, 3.05) is 13.4 Å². The van der Waals surface area contributed by atoms with E-state index >= 15 is 0 Å². The summed E-state index contributed by atoms with van der Waals surface area (Å²) in [6, 6.07) is 18.3. The molecule has 7 nitrogen and oxygen atoms in total. The van der Waals surface area contributed by atoms with Gasteiger partial charge in [-0.05, 0) is 42.1 Å². The van der Waals surface area contributed by atoms with Crippen LogP contribution in [0.4, 0.5) is 0 Å². The van der Waals surface area contributed by atoms with Crippen molar-refractivity contribution in [1.82, 2.24) is 4.57 Å². The summed E-state index contributed by atoms with van der Waals surface area (Å²) < 4.78 is 18.5. The summed E-state index contributed by atoms with van der Waals surface area (Å²) in [6.07, 6.45) is 1.81. The van der Waals surface area contributed by atoms with Crippen molar-refractivity contribution in [2.24, 2.45) is 4.99 Å². The van der Waals surface area contributed by atoms with Gasteiger partial charge in [0.2, 0.25) is 6.79 Å². The number of thiophene rings is 1. The van der Waals surface area contributed by atoms with Crippen molar-refractivity contribution >= 4 is 40.4 Å². The van der Waals surface area contributed by atoms with Crippen molar-refractivity contribution in [3.8, 4) is 11.5 Å². The molecule has 4 aromatic rings. The molecule has 0 N–H and O–H groups in total. The second-order valence-corrected chi connectivity index (χ2v) is 10.0. The van der Waals surface area contributed by atoms with Gasteiger partial charge < -0.3 is 14.2 Å². The molecular weight excluding hydrogens is 496 g/mol. The number of ether oxygens (including phenoxy) is 3.